The van der Waals surface area contributed by atoms with E-state index in [0.29, 0.717) is 12.6 Å². The lowest BCUT2D eigenvalue weighted by molar-refractivity contribution is -0.135. The molecule has 0 radical (unpaired) electrons. The van der Waals surface area contributed by atoms with Crippen molar-refractivity contribution in [2.45, 2.75) is 61.8 Å². The lowest BCUT2D eigenvalue weighted by Crippen LogP contribution is -2.64. The molecule has 5 aliphatic heterocycles. The fourth-order valence-corrected chi connectivity index (χ4v) is 5.47. The highest BCUT2D eigenvalue weighted by molar-refractivity contribution is 5.81. The van der Waals surface area contributed by atoms with Gasteiger partial charge < -0.3 is 25.8 Å². The Labute approximate surface area is 186 Å². The Bertz CT molecular complexity index is 667. The molecule has 5 fully saturated rings. The lowest BCUT2D eigenvalue weighted by atomic mass is 9.97. The van der Waals surface area contributed by atoms with Crippen LogP contribution in [0.3, 0.4) is 0 Å². The summed E-state index contributed by atoms with van der Waals surface area (Å²) in [5.41, 5.74) is 9.12. The van der Waals surface area contributed by atoms with E-state index in [-0.39, 0.29) is 31.6 Å². The number of amides is 1. The molecule has 0 aromatic rings. The molecule has 32 heavy (non-hydrogen) atoms. The van der Waals surface area contributed by atoms with Crippen LogP contribution in [0.15, 0.2) is 0 Å². The Morgan fingerprint density at radius 2 is 1.94 bits per heavy atom. The summed E-state index contributed by atoms with van der Waals surface area (Å²) in [4.78, 5) is 15.6. The molecule has 12 heteroatoms. The van der Waals surface area contributed by atoms with Crippen molar-refractivity contribution in [1.29, 1.82) is 0 Å². The Morgan fingerprint density at radius 3 is 2.66 bits per heavy atom. The number of fused-ring (bicyclic) bond motifs is 1. The maximum absolute atomic E-state index is 14.9. The summed E-state index contributed by atoms with van der Waals surface area (Å²) in [5, 5.41) is 10.7. The molecule has 7 atom stereocenters. The van der Waals surface area contributed by atoms with Gasteiger partial charge in [-0.05, 0) is 12.8 Å². The molecule has 10 nitrogen and oxygen atoms in total. The second-order valence-electron chi connectivity index (χ2n) is 9.60. The van der Waals surface area contributed by atoms with Crippen LogP contribution >= 0.6 is 0 Å². The lowest BCUT2D eigenvalue weighted by Gasteiger charge is -2.43. The summed E-state index contributed by atoms with van der Waals surface area (Å²) in [5.74, 6) is -0.896. The van der Waals surface area contributed by atoms with Crippen molar-refractivity contribution in [2.75, 3.05) is 52.5 Å². The van der Waals surface area contributed by atoms with Crippen LogP contribution in [0.25, 0.3) is 0 Å². The number of nitrogens with zero attached hydrogens (tertiary/aromatic N) is 2. The number of carbonyl (C=O) groups is 1. The number of hydrazine groups is 1. The van der Waals surface area contributed by atoms with Crippen molar-refractivity contribution >= 4 is 5.91 Å². The number of piperidine rings is 2. The highest BCUT2D eigenvalue weighted by atomic mass is 19.1. The van der Waals surface area contributed by atoms with E-state index in [1.165, 1.54) is 0 Å². The van der Waals surface area contributed by atoms with Crippen LogP contribution in [0.4, 0.5) is 8.78 Å². The van der Waals surface area contributed by atoms with Gasteiger partial charge in [0, 0.05) is 39.3 Å². The van der Waals surface area contributed by atoms with Gasteiger partial charge in [0.25, 0.3) is 0 Å². The van der Waals surface area contributed by atoms with E-state index in [1.807, 2.05) is 0 Å². The van der Waals surface area contributed by atoms with Crippen LogP contribution in [-0.2, 0) is 14.3 Å². The Morgan fingerprint density at radius 1 is 1.16 bits per heavy atom. The van der Waals surface area contributed by atoms with Gasteiger partial charge in [0.15, 0.2) is 0 Å². The number of alkyl halides is 2. The molecule has 182 valence electrons. The summed E-state index contributed by atoms with van der Waals surface area (Å²) in [6, 6.07) is 0.00346. The van der Waals surface area contributed by atoms with Gasteiger partial charge in [0.05, 0.1) is 49.7 Å². The quantitative estimate of drug-likeness (QED) is 0.308. The number of nitrogens with one attached hydrogen (secondary N) is 4. The van der Waals surface area contributed by atoms with Crippen LogP contribution in [0, 0.1) is 5.92 Å². The number of likely N-dealkylation sites (tertiary alicyclic amines) is 1. The fourth-order valence-electron chi connectivity index (χ4n) is 5.47. The molecule has 6 N–H and O–H groups in total. The van der Waals surface area contributed by atoms with Crippen LogP contribution < -0.4 is 27.1 Å². The number of ether oxygens (including phenoxy) is 2. The highest BCUT2D eigenvalue weighted by Crippen LogP contribution is 2.25. The molecule has 1 amide bonds. The first-order chi connectivity index (χ1) is 15.5. The molecular formula is C20H35F2N7O3. The average Bonchev–Trinajstić information content (AvgIpc) is 3.05. The standard InChI is InChI=1S/C20H35F2N7O3/c21-11-5-25-19-16(18(23)27-29(19)8-11)20(30)26-15-7-24-6-14(22)17(15)32-13-1-3-28(4-2-13)12-9-31-10-12/h11-19,24-25,27H,1-10,23H2,(H,26,30). The van der Waals surface area contributed by atoms with E-state index in [4.69, 9.17) is 15.2 Å². The average molecular weight is 460 g/mol. The summed E-state index contributed by atoms with van der Waals surface area (Å²) in [6.45, 7) is 4.39. The maximum Gasteiger partial charge on any atom is 0.229 e. The van der Waals surface area contributed by atoms with Crippen molar-refractivity contribution in [3.63, 3.8) is 0 Å². The third-order valence-electron chi connectivity index (χ3n) is 7.37. The van der Waals surface area contributed by atoms with E-state index in [1.54, 1.807) is 5.01 Å². The van der Waals surface area contributed by atoms with E-state index in [9.17, 15) is 13.6 Å². The van der Waals surface area contributed by atoms with Crippen molar-refractivity contribution in [1.82, 2.24) is 31.3 Å². The van der Waals surface area contributed by atoms with Gasteiger partial charge in [-0.2, -0.15) is 0 Å². The molecular weight excluding hydrogens is 424 g/mol. The number of rotatable bonds is 5. The van der Waals surface area contributed by atoms with E-state index in [0.717, 1.165) is 39.1 Å². The zero-order chi connectivity index (χ0) is 22.2. The first kappa shape index (κ1) is 22.8. The fraction of sp³-hybridized carbons (Fsp3) is 0.950. The number of hydrogen-bond acceptors (Lipinski definition) is 9. The van der Waals surface area contributed by atoms with Gasteiger partial charge in [0.2, 0.25) is 5.91 Å². The van der Waals surface area contributed by atoms with Gasteiger partial charge in [-0.25, -0.2) is 19.2 Å². The number of nitrogens with two attached hydrogens (primary N) is 1. The van der Waals surface area contributed by atoms with Crippen LogP contribution in [-0.4, -0.2) is 117 Å². The SMILES string of the molecule is NC1NN2CC(F)CNC2C1C(=O)NC1CNCC(F)C1OC1CCN(C2COC2)CC1. The third-order valence-corrected chi connectivity index (χ3v) is 7.37. The molecule has 0 spiro atoms. The molecule has 0 aromatic carbocycles. The second kappa shape index (κ2) is 9.71. The number of hydrogen-bond donors (Lipinski definition) is 5. The topological polar surface area (TPSA) is 116 Å². The van der Waals surface area contributed by atoms with Crippen LogP contribution in [0.2, 0.25) is 0 Å². The monoisotopic (exact) mass is 459 g/mol. The molecule has 0 aromatic heterocycles. The molecule has 5 rings (SSSR count). The van der Waals surface area contributed by atoms with Gasteiger partial charge in [-0.15, -0.1) is 0 Å². The highest BCUT2D eigenvalue weighted by Gasteiger charge is 2.48. The molecule has 0 aliphatic carbocycles. The van der Waals surface area contributed by atoms with E-state index >= 15 is 0 Å². The largest absolute Gasteiger partial charge is 0.378 e. The van der Waals surface area contributed by atoms with Crippen molar-refractivity contribution in [3.05, 3.63) is 0 Å². The molecule has 5 heterocycles. The summed E-state index contributed by atoms with van der Waals surface area (Å²) in [6.07, 6.45) is -2.32. The maximum atomic E-state index is 14.9. The predicted octanol–water partition coefficient (Wildman–Crippen LogP) is -2.35. The minimum absolute atomic E-state index is 0.0274. The third kappa shape index (κ3) is 4.64. The van der Waals surface area contributed by atoms with Gasteiger partial charge in [0.1, 0.15) is 18.4 Å². The van der Waals surface area contributed by atoms with Crippen LogP contribution in [0.5, 0.6) is 0 Å². The van der Waals surface area contributed by atoms with Gasteiger partial charge >= 0.3 is 0 Å². The Kier molecular flexibility index (Phi) is 6.91. The Hall–Kier alpha value is -0.990. The molecule has 5 saturated heterocycles. The molecule has 7 unspecified atom stereocenters. The first-order valence-electron chi connectivity index (χ1n) is 11.8. The van der Waals surface area contributed by atoms with E-state index in [2.05, 4.69) is 26.3 Å². The predicted molar refractivity (Wildman–Crippen MR) is 112 cm³/mol. The van der Waals surface area contributed by atoms with Crippen LogP contribution in [0.1, 0.15) is 12.8 Å². The summed E-state index contributed by atoms with van der Waals surface area (Å²) < 4.78 is 40.1. The minimum Gasteiger partial charge on any atom is -0.378 e. The zero-order valence-electron chi connectivity index (χ0n) is 18.2. The first-order valence-corrected chi connectivity index (χ1v) is 11.8. The van der Waals surface area contributed by atoms with Crippen molar-refractivity contribution < 1.29 is 23.0 Å². The smallest absolute Gasteiger partial charge is 0.229 e. The molecule has 0 bridgehead atoms. The second-order valence-corrected chi connectivity index (χ2v) is 9.60. The van der Waals surface area contributed by atoms with Gasteiger partial charge in [-0.3, -0.25) is 15.0 Å². The van der Waals surface area contributed by atoms with Crippen molar-refractivity contribution in [2.24, 2.45) is 11.7 Å². The minimum atomic E-state index is -1.21. The number of carbonyl (C=O) groups excluding carboxylic acids is 1. The Balaban J connectivity index is 1.18. The summed E-state index contributed by atoms with van der Waals surface area (Å²) >= 11 is 0. The normalized spacial score (nSPS) is 42.4. The zero-order valence-corrected chi connectivity index (χ0v) is 18.2. The van der Waals surface area contributed by atoms with Gasteiger partial charge in [-0.1, -0.05) is 0 Å². The number of halogens is 2. The summed E-state index contributed by atoms with van der Waals surface area (Å²) in [7, 11) is 0. The van der Waals surface area contributed by atoms with Crippen molar-refractivity contribution in [3.8, 4) is 0 Å². The molecule has 0 saturated carbocycles. The molecule has 5 aliphatic rings. The van der Waals surface area contributed by atoms with E-state index < -0.39 is 42.7 Å².